The lowest BCUT2D eigenvalue weighted by atomic mass is 10.1. The fourth-order valence-corrected chi connectivity index (χ4v) is 3.33. The average molecular weight is 501 g/mol. The van der Waals surface area contributed by atoms with Crippen LogP contribution in [0.3, 0.4) is 0 Å². The van der Waals surface area contributed by atoms with Crippen LogP contribution in [0.4, 0.5) is 0 Å². The second-order valence-corrected chi connectivity index (χ2v) is 7.34. The van der Waals surface area contributed by atoms with Crippen molar-refractivity contribution >= 4 is 44.8 Å². The first-order valence-corrected chi connectivity index (χ1v) is 10.2. The highest BCUT2D eigenvalue weighted by Crippen LogP contribution is 2.33. The minimum atomic E-state index is -0.513. The first kappa shape index (κ1) is 23.1. The summed E-state index contributed by atoms with van der Waals surface area (Å²) in [5, 5.41) is 5.93. The van der Waals surface area contributed by atoms with Crippen LogP contribution in [0.2, 0.25) is 0 Å². The van der Waals surface area contributed by atoms with Crippen molar-refractivity contribution < 1.29 is 28.5 Å². The van der Waals surface area contributed by atoms with Gasteiger partial charge in [0, 0.05) is 10.0 Å². The fourth-order valence-electron chi connectivity index (χ4n) is 2.90. The number of amides is 1. The molecule has 3 rings (SSSR count). The van der Waals surface area contributed by atoms with Crippen LogP contribution in [0.15, 0.2) is 58.1 Å². The molecule has 9 heteroatoms. The largest absolute Gasteiger partial charge is 0.496 e. The molecular formula is C23H21BrN2O6. The van der Waals surface area contributed by atoms with Gasteiger partial charge in [-0.1, -0.05) is 24.3 Å². The molecule has 0 aromatic heterocycles. The summed E-state index contributed by atoms with van der Waals surface area (Å²) in [4.78, 5) is 24.0. The van der Waals surface area contributed by atoms with E-state index in [0.717, 1.165) is 10.8 Å². The number of carbonyl (C=O) groups excluding carboxylic acids is 2. The first-order valence-electron chi connectivity index (χ1n) is 9.44. The zero-order valence-electron chi connectivity index (χ0n) is 17.7. The molecule has 1 amide bonds. The van der Waals surface area contributed by atoms with Crippen LogP contribution in [-0.2, 0) is 9.53 Å². The zero-order valence-corrected chi connectivity index (χ0v) is 19.3. The second-order valence-electron chi connectivity index (χ2n) is 6.49. The van der Waals surface area contributed by atoms with Gasteiger partial charge in [0.2, 0.25) is 0 Å². The molecule has 0 heterocycles. The number of hydrazone groups is 1. The normalized spacial score (nSPS) is 10.8. The van der Waals surface area contributed by atoms with Gasteiger partial charge >= 0.3 is 5.97 Å². The summed E-state index contributed by atoms with van der Waals surface area (Å²) < 4.78 is 21.3. The van der Waals surface area contributed by atoms with E-state index >= 15 is 0 Å². The fraction of sp³-hybridized carbons (Fsp3) is 0.174. The van der Waals surface area contributed by atoms with Crippen LogP contribution in [-0.4, -0.2) is 46.0 Å². The highest BCUT2D eigenvalue weighted by molar-refractivity contribution is 9.10. The predicted molar refractivity (Wildman–Crippen MR) is 124 cm³/mol. The van der Waals surface area contributed by atoms with Crippen molar-refractivity contribution in [2.75, 3.05) is 27.9 Å². The van der Waals surface area contributed by atoms with Crippen molar-refractivity contribution in [3.05, 3.63) is 64.1 Å². The third-order valence-electron chi connectivity index (χ3n) is 4.54. The summed E-state index contributed by atoms with van der Waals surface area (Å²) >= 11 is 3.42. The molecule has 3 aromatic rings. The van der Waals surface area contributed by atoms with Gasteiger partial charge in [-0.2, -0.15) is 5.10 Å². The molecule has 0 fully saturated rings. The number of fused-ring (bicyclic) bond motifs is 1. The van der Waals surface area contributed by atoms with Gasteiger partial charge in [0.15, 0.2) is 18.1 Å². The summed E-state index contributed by atoms with van der Waals surface area (Å²) in [5.74, 6) is 0.268. The number of benzene rings is 3. The number of nitrogens with zero attached hydrogens (tertiary/aromatic N) is 1. The Balaban J connectivity index is 1.77. The third kappa shape index (κ3) is 5.36. The Morgan fingerprint density at radius 3 is 2.31 bits per heavy atom. The molecular weight excluding hydrogens is 480 g/mol. The van der Waals surface area contributed by atoms with E-state index in [-0.39, 0.29) is 6.61 Å². The van der Waals surface area contributed by atoms with E-state index in [1.54, 1.807) is 18.2 Å². The third-order valence-corrected chi connectivity index (χ3v) is 5.23. The van der Waals surface area contributed by atoms with E-state index in [0.29, 0.717) is 32.8 Å². The molecule has 0 aliphatic rings. The highest BCUT2D eigenvalue weighted by atomic mass is 79.9. The van der Waals surface area contributed by atoms with Gasteiger partial charge in [-0.15, -0.1) is 0 Å². The van der Waals surface area contributed by atoms with Crippen molar-refractivity contribution in [2.24, 2.45) is 5.10 Å². The van der Waals surface area contributed by atoms with Crippen molar-refractivity contribution in [1.29, 1.82) is 0 Å². The minimum absolute atomic E-state index is 0.254. The van der Waals surface area contributed by atoms with Crippen LogP contribution in [0.1, 0.15) is 15.9 Å². The number of hydrogen-bond acceptors (Lipinski definition) is 7. The van der Waals surface area contributed by atoms with E-state index in [1.807, 2.05) is 30.3 Å². The van der Waals surface area contributed by atoms with Crippen LogP contribution < -0.4 is 19.6 Å². The van der Waals surface area contributed by atoms with Crippen LogP contribution in [0.25, 0.3) is 10.8 Å². The number of methoxy groups -OCH3 is 3. The Bertz CT molecular complexity index is 1180. The molecule has 0 saturated carbocycles. The van der Waals surface area contributed by atoms with E-state index in [1.165, 1.54) is 27.5 Å². The molecule has 0 atom stereocenters. The molecule has 0 saturated heterocycles. The maximum Gasteiger partial charge on any atom is 0.343 e. The highest BCUT2D eigenvalue weighted by Gasteiger charge is 2.14. The van der Waals surface area contributed by atoms with Gasteiger partial charge in [0.1, 0.15) is 5.75 Å². The van der Waals surface area contributed by atoms with E-state index < -0.39 is 11.9 Å². The van der Waals surface area contributed by atoms with Crippen LogP contribution in [0.5, 0.6) is 17.2 Å². The van der Waals surface area contributed by atoms with Crippen LogP contribution in [0, 0.1) is 0 Å². The molecule has 0 radical (unpaired) electrons. The summed E-state index contributed by atoms with van der Waals surface area (Å²) in [6.07, 6.45) is 1.46. The molecule has 0 spiro atoms. The van der Waals surface area contributed by atoms with Crippen molar-refractivity contribution in [2.45, 2.75) is 0 Å². The minimum Gasteiger partial charge on any atom is -0.496 e. The lowest BCUT2D eigenvalue weighted by Crippen LogP contribution is -2.18. The zero-order chi connectivity index (χ0) is 23.1. The number of esters is 1. The Morgan fingerprint density at radius 1 is 0.969 bits per heavy atom. The Hall–Kier alpha value is -3.59. The molecule has 0 aliphatic carbocycles. The number of nitrogens with one attached hydrogen (secondary N) is 1. The number of ether oxygens (including phenoxy) is 4. The molecule has 32 heavy (non-hydrogen) atoms. The topological polar surface area (TPSA) is 95.5 Å². The molecule has 0 unspecified atom stereocenters. The smallest absolute Gasteiger partial charge is 0.343 e. The molecule has 0 aliphatic heterocycles. The number of halogens is 1. The summed E-state index contributed by atoms with van der Waals surface area (Å²) in [5.41, 5.74) is 3.50. The Labute approximate surface area is 193 Å². The number of carbonyl (C=O) groups is 2. The van der Waals surface area contributed by atoms with E-state index in [4.69, 9.17) is 14.2 Å². The Morgan fingerprint density at radius 2 is 1.66 bits per heavy atom. The van der Waals surface area contributed by atoms with Crippen molar-refractivity contribution in [1.82, 2.24) is 5.43 Å². The van der Waals surface area contributed by atoms with Crippen molar-refractivity contribution in [3.8, 4) is 17.2 Å². The lowest BCUT2D eigenvalue weighted by molar-refractivity contribution is -0.142. The van der Waals surface area contributed by atoms with Gasteiger partial charge < -0.3 is 18.9 Å². The maximum absolute atomic E-state index is 12.7. The van der Waals surface area contributed by atoms with Gasteiger partial charge in [0.05, 0.1) is 33.1 Å². The monoisotopic (exact) mass is 500 g/mol. The van der Waals surface area contributed by atoms with Crippen molar-refractivity contribution in [3.63, 3.8) is 0 Å². The van der Waals surface area contributed by atoms with Gasteiger partial charge in [-0.05, 0) is 51.0 Å². The summed E-state index contributed by atoms with van der Waals surface area (Å²) in [6, 6.07) is 14.5. The molecule has 8 nitrogen and oxygen atoms in total. The Kier molecular flexibility index (Phi) is 7.67. The number of hydrogen-bond donors (Lipinski definition) is 1. The molecule has 3 aromatic carbocycles. The van der Waals surface area contributed by atoms with Gasteiger partial charge in [0.25, 0.3) is 5.91 Å². The maximum atomic E-state index is 12.7. The van der Waals surface area contributed by atoms with Crippen LogP contribution >= 0.6 is 15.9 Å². The standard InChI is InChI=1S/C23H21BrN2O6/c1-29-19-9-15-7-5-4-6-14(15)8-17(19)23(28)26-25-12-16-10-20(30-2)21(11-18(16)24)32-13-22(27)31-3/h4-12H,13H2,1-3H3,(H,26,28)/b25-12-. The summed E-state index contributed by atoms with van der Waals surface area (Å²) in [6.45, 7) is -0.254. The average Bonchev–Trinajstić information content (AvgIpc) is 2.82. The first-order chi connectivity index (χ1) is 15.5. The summed E-state index contributed by atoms with van der Waals surface area (Å²) in [7, 11) is 4.26. The SMILES string of the molecule is COC(=O)COc1cc(Br)c(/C=N\NC(=O)c2cc3ccccc3cc2OC)cc1OC. The van der Waals surface area contributed by atoms with E-state index in [9.17, 15) is 9.59 Å². The lowest BCUT2D eigenvalue weighted by Gasteiger charge is -2.12. The number of rotatable bonds is 8. The molecule has 166 valence electrons. The van der Waals surface area contributed by atoms with Gasteiger partial charge in [-0.25, -0.2) is 10.2 Å². The van der Waals surface area contributed by atoms with E-state index in [2.05, 4.69) is 31.2 Å². The quantitative estimate of drug-likeness (QED) is 0.286. The molecule has 1 N–H and O–H groups in total. The van der Waals surface area contributed by atoms with Gasteiger partial charge in [-0.3, -0.25) is 4.79 Å². The predicted octanol–water partition coefficient (Wildman–Crippen LogP) is 3.94. The second kappa shape index (κ2) is 10.6. The molecule has 0 bridgehead atoms.